The van der Waals surface area contributed by atoms with Gasteiger partial charge in [0.25, 0.3) is 5.91 Å². The number of rotatable bonds is 3. The van der Waals surface area contributed by atoms with Crippen molar-refractivity contribution in [1.82, 2.24) is 4.72 Å². The molecular weight excluding hydrogens is 240 g/mol. The van der Waals surface area contributed by atoms with E-state index in [1.807, 2.05) is 6.92 Å². The van der Waals surface area contributed by atoms with Crippen LogP contribution in [0.4, 0.5) is 0 Å². The Hall–Kier alpha value is -0.620. The van der Waals surface area contributed by atoms with Crippen LogP contribution in [-0.4, -0.2) is 25.1 Å². The van der Waals surface area contributed by atoms with E-state index in [9.17, 15) is 13.2 Å². The van der Waals surface area contributed by atoms with Crippen LogP contribution in [0.3, 0.4) is 0 Å². The van der Waals surface area contributed by atoms with Gasteiger partial charge in [-0.3, -0.25) is 9.52 Å². The van der Waals surface area contributed by atoms with E-state index in [1.54, 1.807) is 0 Å². The third kappa shape index (κ3) is 3.42. The van der Waals surface area contributed by atoms with Crippen molar-refractivity contribution in [3.63, 3.8) is 0 Å². The summed E-state index contributed by atoms with van der Waals surface area (Å²) in [6, 6.07) is 0. The van der Waals surface area contributed by atoms with Crippen LogP contribution < -0.4 is 10.5 Å². The third-order valence-corrected chi connectivity index (χ3v) is 5.05. The van der Waals surface area contributed by atoms with Gasteiger partial charge in [-0.25, -0.2) is 8.42 Å². The maximum Gasteiger partial charge on any atom is 0.253 e. The quantitative estimate of drug-likeness (QED) is 0.785. The van der Waals surface area contributed by atoms with Gasteiger partial charge in [0.15, 0.2) is 0 Å². The zero-order valence-electron chi connectivity index (χ0n) is 10.7. The lowest BCUT2D eigenvalue weighted by Gasteiger charge is -2.35. The first-order chi connectivity index (χ1) is 7.67. The molecule has 1 rings (SSSR count). The zero-order valence-corrected chi connectivity index (χ0v) is 11.5. The highest BCUT2D eigenvalue weighted by Crippen LogP contribution is 2.30. The maximum atomic E-state index is 12.0. The van der Waals surface area contributed by atoms with E-state index in [-0.39, 0.29) is 0 Å². The highest BCUT2D eigenvalue weighted by atomic mass is 32.2. The van der Waals surface area contributed by atoms with Gasteiger partial charge in [0, 0.05) is 0 Å². The Kier molecular flexibility index (Phi) is 4.19. The highest BCUT2D eigenvalue weighted by molar-refractivity contribution is 7.90. The summed E-state index contributed by atoms with van der Waals surface area (Å²) in [6.07, 6.45) is 3.01. The van der Waals surface area contributed by atoms with Gasteiger partial charge in [-0.15, -0.1) is 0 Å². The largest absolute Gasteiger partial charge is 0.317 e. The van der Waals surface area contributed by atoms with E-state index in [4.69, 9.17) is 5.73 Å². The Morgan fingerprint density at radius 1 is 1.47 bits per heavy atom. The summed E-state index contributed by atoms with van der Waals surface area (Å²) >= 11 is 0. The number of hydrogen-bond acceptors (Lipinski definition) is 4. The average molecular weight is 262 g/mol. The number of carbonyl (C=O) groups excluding carboxylic acids is 1. The predicted molar refractivity (Wildman–Crippen MR) is 66.7 cm³/mol. The zero-order chi connectivity index (χ0) is 13.3. The van der Waals surface area contributed by atoms with Gasteiger partial charge in [0.2, 0.25) is 10.0 Å². The summed E-state index contributed by atoms with van der Waals surface area (Å²) in [5.74, 6) is -0.195. The summed E-state index contributed by atoms with van der Waals surface area (Å²) in [5, 5.41) is -0.629. The van der Waals surface area contributed by atoms with E-state index in [2.05, 4.69) is 4.72 Å². The first-order valence-corrected chi connectivity index (χ1v) is 7.57. The number of amides is 1. The van der Waals surface area contributed by atoms with Crippen molar-refractivity contribution >= 4 is 15.9 Å². The Morgan fingerprint density at radius 3 is 2.53 bits per heavy atom. The van der Waals surface area contributed by atoms with Gasteiger partial charge in [0.1, 0.15) is 0 Å². The molecule has 0 aromatic heterocycles. The molecule has 0 heterocycles. The van der Waals surface area contributed by atoms with Crippen LogP contribution in [0, 0.1) is 5.92 Å². The van der Waals surface area contributed by atoms with Crippen molar-refractivity contribution in [2.24, 2.45) is 11.7 Å². The Labute approximate surface area is 103 Å². The van der Waals surface area contributed by atoms with Crippen LogP contribution in [-0.2, 0) is 14.8 Å². The second kappa shape index (κ2) is 4.94. The number of carbonyl (C=O) groups is 1. The first-order valence-electron chi connectivity index (χ1n) is 6.02. The Bertz CT molecular complexity index is 392. The van der Waals surface area contributed by atoms with Crippen molar-refractivity contribution < 1.29 is 13.2 Å². The van der Waals surface area contributed by atoms with Crippen molar-refractivity contribution in [3.8, 4) is 0 Å². The molecule has 0 spiro atoms. The fraction of sp³-hybridized carbons (Fsp3) is 0.909. The highest BCUT2D eigenvalue weighted by Gasteiger charge is 2.39. The maximum absolute atomic E-state index is 12.0. The molecule has 5 nitrogen and oxygen atoms in total. The number of sulfonamides is 1. The molecule has 1 aliphatic rings. The molecule has 0 aromatic rings. The van der Waals surface area contributed by atoms with E-state index in [0.717, 1.165) is 12.8 Å². The molecule has 17 heavy (non-hydrogen) atoms. The van der Waals surface area contributed by atoms with Crippen LogP contribution in [0.15, 0.2) is 0 Å². The Morgan fingerprint density at radius 2 is 2.06 bits per heavy atom. The summed E-state index contributed by atoms with van der Waals surface area (Å²) in [7, 11) is -3.58. The molecule has 0 aliphatic heterocycles. The van der Waals surface area contributed by atoms with Crippen LogP contribution >= 0.6 is 0 Å². The molecule has 0 bridgehead atoms. The first kappa shape index (κ1) is 14.4. The lowest BCUT2D eigenvalue weighted by atomic mass is 9.77. The molecule has 0 aromatic carbocycles. The van der Waals surface area contributed by atoms with Crippen LogP contribution in [0.5, 0.6) is 0 Å². The normalized spacial score (nSPS) is 30.3. The molecule has 1 amide bonds. The molecule has 0 saturated heterocycles. The van der Waals surface area contributed by atoms with Gasteiger partial charge >= 0.3 is 0 Å². The number of nitrogens with one attached hydrogen (secondary N) is 1. The molecule has 3 N–H and O–H groups in total. The minimum absolute atomic E-state index is 0.362. The van der Waals surface area contributed by atoms with Crippen LogP contribution in [0.25, 0.3) is 0 Å². The minimum Gasteiger partial charge on any atom is -0.317 e. The molecule has 2 atom stereocenters. The number of nitrogens with two attached hydrogens (primary N) is 1. The summed E-state index contributed by atoms with van der Waals surface area (Å²) in [6.45, 7) is 5.09. The second-order valence-electron chi connectivity index (χ2n) is 5.38. The molecule has 1 aliphatic carbocycles. The topological polar surface area (TPSA) is 89.3 Å². The second-order valence-corrected chi connectivity index (χ2v) is 7.62. The fourth-order valence-electron chi connectivity index (χ4n) is 2.15. The smallest absolute Gasteiger partial charge is 0.253 e. The molecule has 100 valence electrons. The lowest BCUT2D eigenvalue weighted by molar-refractivity contribution is -0.126. The monoisotopic (exact) mass is 262 g/mol. The van der Waals surface area contributed by atoms with Gasteiger partial charge in [-0.2, -0.15) is 0 Å². The van der Waals surface area contributed by atoms with E-state index >= 15 is 0 Å². The molecule has 6 heteroatoms. The summed E-state index contributed by atoms with van der Waals surface area (Å²) in [4.78, 5) is 12.0. The molecular formula is C11H22N2O3S. The Balaban J connectivity index is 2.76. The SMILES string of the molecule is CC1CCCC(N)(C(=O)NS(=O)(=O)C(C)C)C1. The van der Waals surface area contributed by atoms with Gasteiger partial charge in [-0.1, -0.05) is 19.8 Å². The molecule has 1 fully saturated rings. The molecule has 2 unspecified atom stereocenters. The predicted octanol–water partition coefficient (Wildman–Crippen LogP) is 0.748. The van der Waals surface area contributed by atoms with Gasteiger partial charge < -0.3 is 5.73 Å². The summed E-state index contributed by atoms with van der Waals surface area (Å²) in [5.41, 5.74) is 5.00. The van der Waals surface area contributed by atoms with Gasteiger partial charge in [0.05, 0.1) is 10.8 Å². The van der Waals surface area contributed by atoms with Crippen molar-refractivity contribution in [2.75, 3.05) is 0 Å². The van der Waals surface area contributed by atoms with Gasteiger partial charge in [-0.05, 0) is 32.6 Å². The van der Waals surface area contributed by atoms with Crippen LogP contribution in [0.2, 0.25) is 0 Å². The molecule has 0 radical (unpaired) electrons. The van der Waals surface area contributed by atoms with Crippen molar-refractivity contribution in [2.45, 2.75) is 57.2 Å². The van der Waals surface area contributed by atoms with E-state index in [0.29, 0.717) is 18.8 Å². The van der Waals surface area contributed by atoms with Crippen LogP contribution in [0.1, 0.15) is 46.5 Å². The lowest BCUT2D eigenvalue weighted by Crippen LogP contribution is -2.58. The summed E-state index contributed by atoms with van der Waals surface area (Å²) < 4.78 is 25.3. The fourth-order valence-corrected chi connectivity index (χ4v) is 2.84. The van der Waals surface area contributed by atoms with E-state index in [1.165, 1.54) is 13.8 Å². The third-order valence-electron chi connectivity index (χ3n) is 3.34. The molecule has 1 saturated carbocycles. The standard InChI is InChI=1S/C11H22N2O3S/c1-8(2)17(15,16)13-10(14)11(12)6-4-5-9(3)7-11/h8-9H,4-7,12H2,1-3H3,(H,13,14). The van der Waals surface area contributed by atoms with E-state index < -0.39 is 26.7 Å². The number of hydrogen-bond donors (Lipinski definition) is 2. The van der Waals surface area contributed by atoms with Crippen molar-refractivity contribution in [1.29, 1.82) is 0 Å². The minimum atomic E-state index is -3.58. The van der Waals surface area contributed by atoms with Crippen molar-refractivity contribution in [3.05, 3.63) is 0 Å². The average Bonchev–Trinajstić information content (AvgIpc) is 2.16.